The lowest BCUT2D eigenvalue weighted by atomic mass is 9.99. The van der Waals surface area contributed by atoms with Gasteiger partial charge < -0.3 is 5.73 Å². The van der Waals surface area contributed by atoms with Crippen LogP contribution in [-0.4, -0.2) is 18.0 Å². The molecule has 1 heterocycles. The van der Waals surface area contributed by atoms with E-state index in [1.54, 1.807) is 6.07 Å². The molecular formula is C17H19ClN2. The summed E-state index contributed by atoms with van der Waals surface area (Å²) in [5, 5.41) is 0.721. The van der Waals surface area contributed by atoms with Crippen molar-refractivity contribution in [2.24, 2.45) is 0 Å². The van der Waals surface area contributed by atoms with Crippen molar-refractivity contribution in [3.05, 3.63) is 64.7 Å². The van der Waals surface area contributed by atoms with E-state index in [9.17, 15) is 0 Å². The molecule has 1 atom stereocenters. The lowest BCUT2D eigenvalue weighted by Gasteiger charge is -2.17. The van der Waals surface area contributed by atoms with Crippen molar-refractivity contribution in [2.75, 3.05) is 18.8 Å². The Morgan fingerprint density at radius 2 is 1.95 bits per heavy atom. The van der Waals surface area contributed by atoms with E-state index in [1.165, 1.54) is 17.5 Å². The van der Waals surface area contributed by atoms with E-state index in [2.05, 4.69) is 35.2 Å². The number of likely N-dealkylation sites (tertiary alicyclic amines) is 1. The summed E-state index contributed by atoms with van der Waals surface area (Å²) in [6, 6.07) is 16.6. The van der Waals surface area contributed by atoms with Crippen molar-refractivity contribution in [2.45, 2.75) is 18.9 Å². The first-order chi connectivity index (χ1) is 9.70. The van der Waals surface area contributed by atoms with Gasteiger partial charge in [-0.3, -0.25) is 4.90 Å². The van der Waals surface area contributed by atoms with Gasteiger partial charge in [0.1, 0.15) is 0 Å². The smallest absolute Gasteiger partial charge is 0.0429 e. The van der Waals surface area contributed by atoms with E-state index >= 15 is 0 Å². The van der Waals surface area contributed by atoms with E-state index in [-0.39, 0.29) is 0 Å². The fraction of sp³-hybridized carbons (Fsp3) is 0.294. The fourth-order valence-corrected chi connectivity index (χ4v) is 3.26. The molecule has 1 saturated heterocycles. The first kappa shape index (κ1) is 13.5. The van der Waals surface area contributed by atoms with Crippen molar-refractivity contribution in [1.82, 2.24) is 4.90 Å². The van der Waals surface area contributed by atoms with Gasteiger partial charge in [-0.2, -0.15) is 0 Å². The maximum Gasteiger partial charge on any atom is 0.0429 e. The van der Waals surface area contributed by atoms with Crippen LogP contribution in [0.4, 0.5) is 5.69 Å². The predicted molar refractivity (Wildman–Crippen MR) is 84.9 cm³/mol. The van der Waals surface area contributed by atoms with Crippen LogP contribution in [0.5, 0.6) is 0 Å². The number of benzene rings is 2. The SMILES string of the molecule is Nc1cc(Cl)cc(CN2CCC(c3ccccc3)C2)c1. The molecule has 3 rings (SSSR count). The maximum atomic E-state index is 6.06. The summed E-state index contributed by atoms with van der Waals surface area (Å²) in [6.45, 7) is 3.16. The Balaban J connectivity index is 1.66. The zero-order chi connectivity index (χ0) is 13.9. The maximum absolute atomic E-state index is 6.06. The summed E-state index contributed by atoms with van der Waals surface area (Å²) in [6.07, 6.45) is 1.22. The molecule has 0 bridgehead atoms. The lowest BCUT2D eigenvalue weighted by molar-refractivity contribution is 0.327. The third-order valence-corrected chi connectivity index (χ3v) is 4.15. The Kier molecular flexibility index (Phi) is 3.95. The Morgan fingerprint density at radius 3 is 2.70 bits per heavy atom. The molecule has 0 amide bonds. The van der Waals surface area contributed by atoms with Crippen molar-refractivity contribution in [1.29, 1.82) is 0 Å². The number of nitrogen functional groups attached to an aromatic ring is 1. The average molecular weight is 287 g/mol. The predicted octanol–water partition coefficient (Wildman–Crippen LogP) is 3.91. The molecule has 2 aromatic rings. The number of nitrogens with zero attached hydrogens (tertiary/aromatic N) is 1. The van der Waals surface area contributed by atoms with Crippen LogP contribution in [0.3, 0.4) is 0 Å². The van der Waals surface area contributed by atoms with Gasteiger partial charge in [0.15, 0.2) is 0 Å². The number of halogens is 1. The van der Waals surface area contributed by atoms with Crippen molar-refractivity contribution in [3.8, 4) is 0 Å². The van der Waals surface area contributed by atoms with Crippen LogP contribution in [0.25, 0.3) is 0 Å². The van der Waals surface area contributed by atoms with Gasteiger partial charge >= 0.3 is 0 Å². The van der Waals surface area contributed by atoms with Gasteiger partial charge in [-0.1, -0.05) is 41.9 Å². The normalized spacial score (nSPS) is 19.4. The number of hydrogen-bond donors (Lipinski definition) is 1. The molecular weight excluding hydrogens is 268 g/mol. The van der Waals surface area contributed by atoms with Gasteiger partial charge in [0.2, 0.25) is 0 Å². The van der Waals surface area contributed by atoms with Gasteiger partial charge in [0, 0.05) is 23.8 Å². The molecule has 1 fully saturated rings. The molecule has 20 heavy (non-hydrogen) atoms. The summed E-state index contributed by atoms with van der Waals surface area (Å²) in [4.78, 5) is 2.47. The molecule has 3 heteroatoms. The zero-order valence-corrected chi connectivity index (χ0v) is 12.2. The zero-order valence-electron chi connectivity index (χ0n) is 11.4. The van der Waals surface area contributed by atoms with Crippen LogP contribution in [0, 0.1) is 0 Å². The fourth-order valence-electron chi connectivity index (χ4n) is 3.00. The number of rotatable bonds is 3. The molecule has 1 aliphatic heterocycles. The minimum atomic E-state index is 0.646. The van der Waals surface area contributed by atoms with Crippen LogP contribution in [-0.2, 0) is 6.54 Å². The molecule has 1 aliphatic rings. The Labute approximate surface area is 125 Å². The lowest BCUT2D eigenvalue weighted by Crippen LogP contribution is -2.19. The second-order valence-electron chi connectivity index (χ2n) is 5.52. The molecule has 0 spiro atoms. The number of hydrogen-bond acceptors (Lipinski definition) is 2. The summed E-state index contributed by atoms with van der Waals surface area (Å²) < 4.78 is 0. The molecule has 2 N–H and O–H groups in total. The van der Waals surface area contributed by atoms with E-state index in [4.69, 9.17) is 17.3 Å². The van der Waals surface area contributed by atoms with Crippen molar-refractivity contribution in [3.63, 3.8) is 0 Å². The van der Waals surface area contributed by atoms with Crippen LogP contribution in [0.15, 0.2) is 48.5 Å². The second-order valence-corrected chi connectivity index (χ2v) is 5.96. The third-order valence-electron chi connectivity index (χ3n) is 3.93. The number of nitrogens with two attached hydrogens (primary N) is 1. The van der Waals surface area contributed by atoms with Crippen LogP contribution in [0.2, 0.25) is 5.02 Å². The Bertz CT molecular complexity index is 563. The van der Waals surface area contributed by atoms with Gasteiger partial charge in [-0.25, -0.2) is 0 Å². The average Bonchev–Trinajstić information content (AvgIpc) is 2.87. The molecule has 2 nitrogen and oxygen atoms in total. The van der Waals surface area contributed by atoms with Crippen LogP contribution < -0.4 is 5.73 Å². The Hall–Kier alpha value is -1.51. The highest BCUT2D eigenvalue weighted by Crippen LogP contribution is 2.28. The van der Waals surface area contributed by atoms with E-state index < -0.39 is 0 Å². The van der Waals surface area contributed by atoms with Gasteiger partial charge in [-0.15, -0.1) is 0 Å². The molecule has 1 unspecified atom stereocenters. The molecule has 0 radical (unpaired) electrons. The molecule has 0 saturated carbocycles. The molecule has 104 valence electrons. The summed E-state index contributed by atoms with van der Waals surface area (Å²) >= 11 is 6.06. The monoisotopic (exact) mass is 286 g/mol. The minimum absolute atomic E-state index is 0.646. The van der Waals surface area contributed by atoms with E-state index in [1.807, 2.05) is 12.1 Å². The van der Waals surface area contributed by atoms with Gasteiger partial charge in [0.25, 0.3) is 0 Å². The van der Waals surface area contributed by atoms with E-state index in [0.717, 1.165) is 30.3 Å². The van der Waals surface area contributed by atoms with Gasteiger partial charge in [0.05, 0.1) is 0 Å². The molecule has 0 aliphatic carbocycles. The second kappa shape index (κ2) is 5.86. The van der Waals surface area contributed by atoms with Crippen molar-refractivity contribution >= 4 is 17.3 Å². The van der Waals surface area contributed by atoms with Crippen molar-refractivity contribution < 1.29 is 0 Å². The first-order valence-corrected chi connectivity index (χ1v) is 7.41. The molecule has 2 aromatic carbocycles. The third kappa shape index (κ3) is 3.14. The summed E-state index contributed by atoms with van der Waals surface area (Å²) in [5.74, 6) is 0.646. The summed E-state index contributed by atoms with van der Waals surface area (Å²) in [5.41, 5.74) is 9.23. The highest BCUT2D eigenvalue weighted by Gasteiger charge is 2.23. The largest absolute Gasteiger partial charge is 0.399 e. The highest BCUT2D eigenvalue weighted by atomic mass is 35.5. The Morgan fingerprint density at radius 1 is 1.15 bits per heavy atom. The minimum Gasteiger partial charge on any atom is -0.399 e. The van der Waals surface area contributed by atoms with E-state index in [0.29, 0.717) is 5.92 Å². The first-order valence-electron chi connectivity index (χ1n) is 7.03. The standard InChI is InChI=1S/C17H19ClN2/c18-16-8-13(9-17(19)10-16)11-20-7-6-15(12-20)14-4-2-1-3-5-14/h1-5,8-10,15H,6-7,11-12,19H2. The highest BCUT2D eigenvalue weighted by molar-refractivity contribution is 6.30. The number of anilines is 1. The summed E-state index contributed by atoms with van der Waals surface area (Å²) in [7, 11) is 0. The van der Waals surface area contributed by atoms with Crippen LogP contribution in [0.1, 0.15) is 23.5 Å². The van der Waals surface area contributed by atoms with Gasteiger partial charge in [-0.05, 0) is 48.2 Å². The quantitative estimate of drug-likeness (QED) is 0.867. The topological polar surface area (TPSA) is 29.3 Å². The molecule has 0 aromatic heterocycles. The van der Waals surface area contributed by atoms with Crippen LogP contribution >= 0.6 is 11.6 Å².